The molecule has 188 valence electrons. The Kier molecular flexibility index (Phi) is 7.85. The Morgan fingerprint density at radius 3 is 2.46 bits per heavy atom. The van der Waals surface area contributed by atoms with E-state index in [-0.39, 0.29) is 48.5 Å². The second kappa shape index (κ2) is 11.0. The van der Waals surface area contributed by atoms with Crippen molar-refractivity contribution in [2.75, 3.05) is 53.1 Å². The smallest absolute Gasteiger partial charge is 0.253 e. The predicted molar refractivity (Wildman–Crippen MR) is 124 cm³/mol. The number of methoxy groups -OCH3 is 1. The minimum absolute atomic E-state index is 0.0132. The summed E-state index contributed by atoms with van der Waals surface area (Å²) in [6, 6.07) is 9.85. The Labute approximate surface area is 203 Å². The molecule has 1 atom stereocenters. The van der Waals surface area contributed by atoms with Crippen LogP contribution in [0.15, 0.2) is 42.5 Å². The molecule has 2 heterocycles. The van der Waals surface area contributed by atoms with Crippen molar-refractivity contribution in [3.05, 3.63) is 59.7 Å². The van der Waals surface area contributed by atoms with E-state index in [1.165, 1.54) is 37.4 Å². The number of rotatable bonds is 7. The minimum Gasteiger partial charge on any atom is -0.494 e. The van der Waals surface area contributed by atoms with Gasteiger partial charge in [-0.2, -0.15) is 0 Å². The van der Waals surface area contributed by atoms with Crippen LogP contribution in [0, 0.1) is 17.0 Å². The normalized spacial score (nSPS) is 20.4. The van der Waals surface area contributed by atoms with Crippen molar-refractivity contribution in [1.82, 2.24) is 9.80 Å². The van der Waals surface area contributed by atoms with Crippen molar-refractivity contribution < 1.29 is 32.6 Å². The molecule has 0 radical (unpaired) electrons. The third-order valence-corrected chi connectivity index (χ3v) is 6.60. The van der Waals surface area contributed by atoms with E-state index in [4.69, 9.17) is 14.2 Å². The zero-order valence-corrected chi connectivity index (χ0v) is 19.8. The van der Waals surface area contributed by atoms with E-state index < -0.39 is 11.2 Å². The molecule has 0 N–H and O–H groups in total. The third kappa shape index (κ3) is 6.08. The van der Waals surface area contributed by atoms with Crippen molar-refractivity contribution in [2.45, 2.75) is 19.3 Å². The first kappa shape index (κ1) is 24.9. The van der Waals surface area contributed by atoms with E-state index >= 15 is 0 Å². The van der Waals surface area contributed by atoms with Crippen LogP contribution in [0.4, 0.5) is 8.78 Å². The molecule has 2 aliphatic heterocycles. The van der Waals surface area contributed by atoms with E-state index in [9.17, 15) is 18.4 Å². The molecule has 0 bridgehead atoms. The van der Waals surface area contributed by atoms with E-state index in [0.29, 0.717) is 51.4 Å². The topological polar surface area (TPSA) is 68.3 Å². The highest BCUT2D eigenvalue weighted by Gasteiger charge is 2.41. The zero-order chi connectivity index (χ0) is 24.8. The monoisotopic (exact) mass is 488 g/mol. The van der Waals surface area contributed by atoms with Crippen molar-refractivity contribution in [3.8, 4) is 11.5 Å². The molecule has 7 nitrogen and oxygen atoms in total. The molecular weight excluding hydrogens is 458 g/mol. The van der Waals surface area contributed by atoms with Gasteiger partial charge in [0.05, 0.1) is 26.9 Å². The summed E-state index contributed by atoms with van der Waals surface area (Å²) < 4.78 is 43.9. The van der Waals surface area contributed by atoms with Crippen LogP contribution in [-0.4, -0.2) is 74.7 Å². The number of amides is 2. The van der Waals surface area contributed by atoms with Crippen molar-refractivity contribution in [1.29, 1.82) is 0 Å². The van der Waals surface area contributed by atoms with Gasteiger partial charge in [0.1, 0.15) is 11.6 Å². The number of hydrogen-bond donors (Lipinski definition) is 0. The summed E-state index contributed by atoms with van der Waals surface area (Å²) in [7, 11) is 1.37. The van der Waals surface area contributed by atoms with Gasteiger partial charge < -0.3 is 24.0 Å². The Morgan fingerprint density at radius 1 is 1.03 bits per heavy atom. The maximum absolute atomic E-state index is 14.2. The molecule has 4 rings (SSSR count). The number of carbonyl (C=O) groups is 2. The lowest BCUT2D eigenvalue weighted by Gasteiger charge is -2.43. The van der Waals surface area contributed by atoms with Gasteiger partial charge in [0.2, 0.25) is 5.91 Å². The molecule has 9 heteroatoms. The molecule has 2 aliphatic rings. The fourth-order valence-corrected chi connectivity index (χ4v) is 4.69. The molecule has 2 amide bonds. The first-order valence-corrected chi connectivity index (χ1v) is 11.8. The largest absolute Gasteiger partial charge is 0.494 e. The van der Waals surface area contributed by atoms with Gasteiger partial charge in [0.15, 0.2) is 11.6 Å². The number of ether oxygens (including phenoxy) is 3. The van der Waals surface area contributed by atoms with E-state index in [1.807, 2.05) is 0 Å². The highest BCUT2D eigenvalue weighted by molar-refractivity contribution is 5.94. The molecule has 2 aromatic rings. The number of halogens is 2. The van der Waals surface area contributed by atoms with Crippen molar-refractivity contribution in [2.24, 2.45) is 5.41 Å². The first-order chi connectivity index (χ1) is 16.9. The summed E-state index contributed by atoms with van der Waals surface area (Å²) in [5, 5.41) is 0. The Morgan fingerprint density at radius 2 is 1.77 bits per heavy atom. The summed E-state index contributed by atoms with van der Waals surface area (Å²) in [6.45, 7) is 3.03. The summed E-state index contributed by atoms with van der Waals surface area (Å²) in [5.41, 5.74) is -0.416. The van der Waals surface area contributed by atoms with Gasteiger partial charge in [0.25, 0.3) is 5.91 Å². The van der Waals surface area contributed by atoms with Crippen LogP contribution in [0.3, 0.4) is 0 Å². The number of nitrogens with zero attached hydrogens (tertiary/aromatic N) is 2. The lowest BCUT2D eigenvalue weighted by Crippen LogP contribution is -2.52. The van der Waals surface area contributed by atoms with E-state index in [1.54, 1.807) is 21.9 Å². The Bertz CT molecular complexity index is 1040. The SMILES string of the molecule is COc1ccc(C(=O)N2CCC[C@@](COc3ccc(F)cc3)(CC(=O)N3CCOCC3)C2)cc1F. The van der Waals surface area contributed by atoms with Crippen molar-refractivity contribution in [3.63, 3.8) is 0 Å². The lowest BCUT2D eigenvalue weighted by atomic mass is 9.77. The summed E-state index contributed by atoms with van der Waals surface area (Å²) in [6.07, 6.45) is 1.56. The maximum Gasteiger partial charge on any atom is 0.253 e. The van der Waals surface area contributed by atoms with E-state index in [0.717, 1.165) is 0 Å². The molecule has 0 saturated carbocycles. The van der Waals surface area contributed by atoms with Crippen LogP contribution >= 0.6 is 0 Å². The van der Waals surface area contributed by atoms with E-state index in [2.05, 4.69) is 0 Å². The fraction of sp³-hybridized carbons (Fsp3) is 0.462. The van der Waals surface area contributed by atoms with Crippen LogP contribution in [0.2, 0.25) is 0 Å². The molecule has 35 heavy (non-hydrogen) atoms. The molecule has 0 unspecified atom stereocenters. The van der Waals surface area contributed by atoms with Crippen LogP contribution < -0.4 is 9.47 Å². The second-order valence-electron chi connectivity index (χ2n) is 9.09. The van der Waals surface area contributed by atoms with Gasteiger partial charge in [-0.15, -0.1) is 0 Å². The summed E-state index contributed by atoms with van der Waals surface area (Å²) >= 11 is 0. The average molecular weight is 489 g/mol. The predicted octanol–water partition coefficient (Wildman–Crippen LogP) is 3.52. The van der Waals surface area contributed by atoms with Gasteiger partial charge in [-0.25, -0.2) is 8.78 Å². The Hall–Kier alpha value is -3.20. The second-order valence-corrected chi connectivity index (χ2v) is 9.09. The number of carbonyl (C=O) groups excluding carboxylic acids is 2. The number of morpholine rings is 1. The average Bonchev–Trinajstić information content (AvgIpc) is 2.88. The molecule has 2 fully saturated rings. The highest BCUT2D eigenvalue weighted by atomic mass is 19.1. The highest BCUT2D eigenvalue weighted by Crippen LogP contribution is 2.36. The van der Waals surface area contributed by atoms with Gasteiger partial charge >= 0.3 is 0 Å². The molecule has 0 aliphatic carbocycles. The molecular formula is C26H30F2N2O5. The quantitative estimate of drug-likeness (QED) is 0.597. The fourth-order valence-electron chi connectivity index (χ4n) is 4.69. The van der Waals surface area contributed by atoms with Gasteiger partial charge in [-0.3, -0.25) is 9.59 Å². The standard InChI is InChI=1S/C26H30F2N2O5/c1-33-23-8-3-19(15-22(23)28)25(32)30-10-2-9-26(17-30,16-24(31)29-11-13-34-14-12-29)18-35-21-6-4-20(27)5-7-21/h3-8,15H,2,9-14,16-18H2,1H3/t26-/m1/s1. The van der Waals surface area contributed by atoms with Crippen LogP contribution in [0.1, 0.15) is 29.6 Å². The molecule has 2 aromatic carbocycles. The van der Waals surface area contributed by atoms with Crippen molar-refractivity contribution >= 4 is 11.8 Å². The van der Waals surface area contributed by atoms with Gasteiger partial charge in [-0.05, 0) is 55.3 Å². The minimum atomic E-state index is -0.636. The lowest BCUT2D eigenvalue weighted by molar-refractivity contribution is -0.139. The summed E-state index contributed by atoms with van der Waals surface area (Å²) in [4.78, 5) is 29.9. The third-order valence-electron chi connectivity index (χ3n) is 6.60. The number of likely N-dealkylation sites (tertiary alicyclic amines) is 1. The first-order valence-electron chi connectivity index (χ1n) is 11.8. The summed E-state index contributed by atoms with van der Waals surface area (Å²) in [5.74, 6) is -0.736. The number of piperidine rings is 1. The van der Waals surface area contributed by atoms with Gasteiger partial charge in [-0.1, -0.05) is 0 Å². The number of benzene rings is 2. The molecule has 0 aromatic heterocycles. The zero-order valence-electron chi connectivity index (χ0n) is 19.8. The number of hydrogen-bond acceptors (Lipinski definition) is 5. The maximum atomic E-state index is 14.2. The van der Waals surface area contributed by atoms with Crippen LogP contribution in [-0.2, 0) is 9.53 Å². The Balaban J connectivity index is 1.53. The van der Waals surface area contributed by atoms with Crippen LogP contribution in [0.5, 0.6) is 11.5 Å². The molecule has 2 saturated heterocycles. The van der Waals surface area contributed by atoms with Crippen LogP contribution in [0.25, 0.3) is 0 Å². The van der Waals surface area contributed by atoms with Gasteiger partial charge in [0, 0.05) is 43.6 Å². The molecule has 0 spiro atoms.